The quantitative estimate of drug-likeness (QED) is 0.876. The van der Waals surface area contributed by atoms with Gasteiger partial charge in [-0.25, -0.2) is 4.79 Å². The van der Waals surface area contributed by atoms with E-state index in [-0.39, 0.29) is 17.9 Å². The number of anilines is 1. The predicted octanol–water partition coefficient (Wildman–Crippen LogP) is 3.63. The normalized spacial score (nSPS) is 16.2. The lowest BCUT2D eigenvalue weighted by Gasteiger charge is -2.22. The molecular formula is C13H14Cl2N2O2. The second kappa shape index (κ2) is 6.26. The summed E-state index contributed by atoms with van der Waals surface area (Å²) in [7, 11) is 0. The molecule has 0 heterocycles. The first-order valence-corrected chi connectivity index (χ1v) is 6.84. The average molecular weight is 301 g/mol. The van der Waals surface area contributed by atoms with Crippen molar-refractivity contribution in [3.8, 4) is 0 Å². The molecule has 6 heteroatoms. The van der Waals surface area contributed by atoms with Gasteiger partial charge in [-0.05, 0) is 31.0 Å². The van der Waals surface area contributed by atoms with Crippen LogP contribution in [0, 0.1) is 0 Å². The Kier molecular flexibility index (Phi) is 4.66. The zero-order valence-corrected chi connectivity index (χ0v) is 11.7. The van der Waals surface area contributed by atoms with Gasteiger partial charge < -0.3 is 10.6 Å². The predicted molar refractivity (Wildman–Crippen MR) is 75.9 cm³/mol. The van der Waals surface area contributed by atoms with E-state index in [0.717, 1.165) is 0 Å². The molecule has 19 heavy (non-hydrogen) atoms. The second-order valence-electron chi connectivity index (χ2n) is 4.54. The van der Waals surface area contributed by atoms with Crippen LogP contribution >= 0.6 is 23.2 Å². The zero-order valence-electron chi connectivity index (χ0n) is 10.2. The van der Waals surface area contributed by atoms with Gasteiger partial charge in [0.05, 0.1) is 10.0 Å². The number of rotatable bonds is 2. The summed E-state index contributed by atoms with van der Waals surface area (Å²) in [5.74, 6) is 0.267. The van der Waals surface area contributed by atoms with Crippen molar-refractivity contribution in [3.05, 3.63) is 28.2 Å². The third kappa shape index (κ3) is 4.11. The monoisotopic (exact) mass is 300 g/mol. The number of urea groups is 1. The van der Waals surface area contributed by atoms with Gasteiger partial charge in [-0.1, -0.05) is 23.2 Å². The highest BCUT2D eigenvalue weighted by Crippen LogP contribution is 2.25. The number of ketones is 1. The van der Waals surface area contributed by atoms with E-state index in [1.54, 1.807) is 18.2 Å². The van der Waals surface area contributed by atoms with Crippen LogP contribution in [0.2, 0.25) is 10.0 Å². The molecule has 1 aliphatic rings. The van der Waals surface area contributed by atoms with E-state index in [9.17, 15) is 9.59 Å². The van der Waals surface area contributed by atoms with Crippen molar-refractivity contribution in [1.29, 1.82) is 0 Å². The average Bonchev–Trinajstić information content (AvgIpc) is 2.37. The van der Waals surface area contributed by atoms with Gasteiger partial charge in [0.15, 0.2) is 0 Å². The lowest BCUT2D eigenvalue weighted by atomic mass is 9.94. The Morgan fingerprint density at radius 3 is 2.47 bits per heavy atom. The van der Waals surface area contributed by atoms with Crippen molar-refractivity contribution >= 4 is 40.7 Å². The van der Waals surface area contributed by atoms with Crippen LogP contribution in [-0.2, 0) is 4.79 Å². The fourth-order valence-electron chi connectivity index (χ4n) is 2.01. The molecule has 102 valence electrons. The number of carbonyl (C=O) groups is 2. The van der Waals surface area contributed by atoms with Crippen molar-refractivity contribution in [2.75, 3.05) is 5.32 Å². The lowest BCUT2D eigenvalue weighted by molar-refractivity contribution is -0.120. The Balaban J connectivity index is 1.87. The highest BCUT2D eigenvalue weighted by Gasteiger charge is 2.20. The van der Waals surface area contributed by atoms with Crippen LogP contribution in [0.3, 0.4) is 0 Å². The minimum Gasteiger partial charge on any atom is -0.335 e. The molecule has 1 aromatic carbocycles. The molecule has 0 aliphatic heterocycles. The van der Waals surface area contributed by atoms with E-state index in [1.165, 1.54) is 0 Å². The van der Waals surface area contributed by atoms with Crippen molar-refractivity contribution in [2.45, 2.75) is 31.7 Å². The number of hydrogen-bond donors (Lipinski definition) is 2. The first-order chi connectivity index (χ1) is 9.04. The van der Waals surface area contributed by atoms with Gasteiger partial charge in [-0.15, -0.1) is 0 Å². The fourth-order valence-corrected chi connectivity index (χ4v) is 2.31. The SMILES string of the molecule is O=C1CCC(NC(=O)Nc2ccc(Cl)c(Cl)c2)CC1. The van der Waals surface area contributed by atoms with E-state index in [0.29, 0.717) is 41.4 Å². The number of carbonyl (C=O) groups excluding carboxylic acids is 2. The maximum Gasteiger partial charge on any atom is 0.319 e. The first-order valence-electron chi connectivity index (χ1n) is 6.09. The summed E-state index contributed by atoms with van der Waals surface area (Å²) >= 11 is 11.7. The van der Waals surface area contributed by atoms with Gasteiger partial charge in [0, 0.05) is 24.6 Å². The number of hydrogen-bond acceptors (Lipinski definition) is 2. The van der Waals surface area contributed by atoms with Crippen molar-refractivity contribution in [2.24, 2.45) is 0 Å². The topological polar surface area (TPSA) is 58.2 Å². The van der Waals surface area contributed by atoms with Crippen LogP contribution < -0.4 is 10.6 Å². The molecule has 4 nitrogen and oxygen atoms in total. The molecule has 1 fully saturated rings. The Labute approximate surface area is 121 Å². The van der Waals surface area contributed by atoms with E-state index in [2.05, 4.69) is 10.6 Å². The molecule has 2 amide bonds. The van der Waals surface area contributed by atoms with Crippen LogP contribution in [0.25, 0.3) is 0 Å². The molecule has 0 aromatic heterocycles. The van der Waals surface area contributed by atoms with Crippen LogP contribution in [0.1, 0.15) is 25.7 Å². The molecule has 1 aliphatic carbocycles. The Morgan fingerprint density at radius 2 is 1.84 bits per heavy atom. The first kappa shape index (κ1) is 14.2. The van der Waals surface area contributed by atoms with Crippen LogP contribution in [0.15, 0.2) is 18.2 Å². The summed E-state index contributed by atoms with van der Waals surface area (Å²) in [5, 5.41) is 6.37. The van der Waals surface area contributed by atoms with Crippen LogP contribution in [-0.4, -0.2) is 17.9 Å². The van der Waals surface area contributed by atoms with Gasteiger partial charge in [-0.2, -0.15) is 0 Å². The summed E-state index contributed by atoms with van der Waals surface area (Å²) in [5.41, 5.74) is 0.582. The summed E-state index contributed by atoms with van der Waals surface area (Å²) in [6.45, 7) is 0. The smallest absolute Gasteiger partial charge is 0.319 e. The number of Topliss-reactive ketones (excluding diaryl/α,β-unsaturated/α-hetero) is 1. The molecule has 2 rings (SSSR count). The maximum absolute atomic E-state index is 11.8. The van der Waals surface area contributed by atoms with Crippen molar-refractivity contribution in [1.82, 2.24) is 5.32 Å². The molecule has 0 saturated heterocycles. The molecule has 2 N–H and O–H groups in total. The van der Waals surface area contributed by atoms with Gasteiger partial charge in [0.2, 0.25) is 0 Å². The summed E-state index contributed by atoms with van der Waals surface area (Å²) < 4.78 is 0. The standard InChI is InChI=1S/C13H14Cl2N2O2/c14-11-6-3-9(7-12(11)15)17-13(19)16-8-1-4-10(18)5-2-8/h3,6-8H,1-2,4-5H2,(H2,16,17,19). The zero-order chi connectivity index (χ0) is 13.8. The summed E-state index contributed by atoms with van der Waals surface area (Å²) in [4.78, 5) is 22.9. The number of halogens is 2. The minimum atomic E-state index is -0.294. The highest BCUT2D eigenvalue weighted by atomic mass is 35.5. The molecule has 0 radical (unpaired) electrons. The van der Waals surface area contributed by atoms with Crippen molar-refractivity contribution < 1.29 is 9.59 Å². The molecule has 0 atom stereocenters. The van der Waals surface area contributed by atoms with Crippen LogP contribution in [0.5, 0.6) is 0 Å². The molecule has 0 spiro atoms. The van der Waals surface area contributed by atoms with Gasteiger partial charge in [0.1, 0.15) is 5.78 Å². The Hall–Kier alpha value is -1.26. The van der Waals surface area contributed by atoms with Crippen molar-refractivity contribution in [3.63, 3.8) is 0 Å². The van der Waals surface area contributed by atoms with E-state index >= 15 is 0 Å². The number of benzene rings is 1. The molecule has 1 saturated carbocycles. The maximum atomic E-state index is 11.8. The van der Waals surface area contributed by atoms with Gasteiger partial charge in [0.25, 0.3) is 0 Å². The summed E-state index contributed by atoms with van der Waals surface area (Å²) in [6.07, 6.45) is 2.48. The third-order valence-electron chi connectivity index (χ3n) is 3.06. The summed E-state index contributed by atoms with van der Waals surface area (Å²) in [6, 6.07) is 4.66. The molecule has 0 bridgehead atoms. The van der Waals surface area contributed by atoms with E-state index in [4.69, 9.17) is 23.2 Å². The van der Waals surface area contributed by atoms with Crippen LogP contribution in [0.4, 0.5) is 10.5 Å². The number of nitrogens with one attached hydrogen (secondary N) is 2. The molecule has 0 unspecified atom stereocenters. The highest BCUT2D eigenvalue weighted by molar-refractivity contribution is 6.42. The van der Waals surface area contributed by atoms with E-state index in [1.807, 2.05) is 0 Å². The van der Waals surface area contributed by atoms with Gasteiger partial charge in [-0.3, -0.25) is 4.79 Å². The van der Waals surface area contributed by atoms with Gasteiger partial charge >= 0.3 is 6.03 Å². The largest absolute Gasteiger partial charge is 0.335 e. The minimum absolute atomic E-state index is 0.0560. The Bertz CT molecular complexity index is 495. The number of amides is 2. The molecule has 1 aromatic rings. The van der Waals surface area contributed by atoms with E-state index < -0.39 is 0 Å². The Morgan fingerprint density at radius 1 is 1.16 bits per heavy atom. The third-order valence-corrected chi connectivity index (χ3v) is 3.79. The fraction of sp³-hybridized carbons (Fsp3) is 0.385. The second-order valence-corrected chi connectivity index (χ2v) is 5.35. The molecular weight excluding hydrogens is 287 g/mol. The lowest BCUT2D eigenvalue weighted by Crippen LogP contribution is -2.40.